The minimum atomic E-state index is 0.526. The van der Waals surface area contributed by atoms with Crippen molar-refractivity contribution in [2.24, 2.45) is 35.5 Å². The van der Waals surface area contributed by atoms with Crippen molar-refractivity contribution in [1.82, 2.24) is 0 Å². The topological polar surface area (TPSA) is 9.72 Å². The molecule has 1 saturated heterocycles. The number of nitrogens with zero attached hydrogens (tertiary/aromatic N) is 3. The molecule has 3 nitrogen and oxygen atoms in total. The quantitative estimate of drug-likeness (QED) is 0.181. The summed E-state index contributed by atoms with van der Waals surface area (Å²) in [5.74, 6) is 7.76. The summed E-state index contributed by atoms with van der Waals surface area (Å²) < 4.78 is 0. The van der Waals surface area contributed by atoms with Crippen LogP contribution in [0.5, 0.6) is 0 Å². The molecule has 4 saturated carbocycles. The molecular formula is C47H58BN3. The molecule has 0 aromatic heterocycles. The van der Waals surface area contributed by atoms with E-state index >= 15 is 0 Å². The van der Waals surface area contributed by atoms with Crippen molar-refractivity contribution >= 4 is 29.6 Å². The smallest absolute Gasteiger partial charge is 0.267 e. The van der Waals surface area contributed by atoms with Gasteiger partial charge < -0.3 is 14.6 Å². The molecule has 4 heteroatoms. The Bertz CT molecular complexity index is 1630. The van der Waals surface area contributed by atoms with E-state index in [4.69, 9.17) is 0 Å². The highest BCUT2D eigenvalue weighted by Gasteiger charge is 2.64. The van der Waals surface area contributed by atoms with Gasteiger partial charge in [0.05, 0.1) is 0 Å². The third-order valence-electron chi connectivity index (χ3n) is 14.9. The summed E-state index contributed by atoms with van der Waals surface area (Å²) in [5.41, 5.74) is 8.55. The van der Waals surface area contributed by atoms with Crippen LogP contribution in [-0.2, 0) is 0 Å². The average Bonchev–Trinajstić information content (AvgIpc) is 3.74. The molecule has 5 aliphatic rings. The zero-order valence-corrected chi connectivity index (χ0v) is 31.4. The summed E-state index contributed by atoms with van der Waals surface area (Å²) in [5, 5.41) is 0. The highest BCUT2D eigenvalue weighted by molar-refractivity contribution is 6.68. The van der Waals surface area contributed by atoms with Crippen LogP contribution in [0.4, 0.5) is 22.7 Å². The third-order valence-corrected chi connectivity index (χ3v) is 14.9. The third kappa shape index (κ3) is 5.89. The summed E-state index contributed by atoms with van der Waals surface area (Å²) in [6.45, 7) is 0.526. The lowest BCUT2D eigenvalue weighted by Crippen LogP contribution is -2.52. The van der Waals surface area contributed by atoms with Gasteiger partial charge in [-0.3, -0.25) is 0 Å². The number of anilines is 4. The van der Waals surface area contributed by atoms with E-state index in [1.165, 1.54) is 80.5 Å². The second-order valence-electron chi connectivity index (χ2n) is 17.6. The molecule has 0 N–H and O–H groups in total. The van der Waals surface area contributed by atoms with Crippen molar-refractivity contribution in [3.8, 4) is 0 Å². The number of hydrogen-bond donors (Lipinski definition) is 0. The lowest BCUT2D eigenvalue weighted by molar-refractivity contribution is 0.227. The molecule has 4 aliphatic carbocycles. The molecule has 10 unspecified atom stereocenters. The zero-order chi connectivity index (χ0) is 34.6. The maximum absolute atomic E-state index is 2.93. The molecule has 1 heterocycles. The van der Waals surface area contributed by atoms with Gasteiger partial charge in [-0.1, -0.05) is 86.3 Å². The second-order valence-corrected chi connectivity index (χ2v) is 17.6. The van der Waals surface area contributed by atoms with Gasteiger partial charge in [0.2, 0.25) is 0 Å². The number of fused-ring (bicyclic) bond motifs is 6. The van der Waals surface area contributed by atoms with E-state index < -0.39 is 0 Å². The van der Waals surface area contributed by atoms with Crippen LogP contribution in [0.25, 0.3) is 0 Å². The lowest BCUT2D eigenvalue weighted by Gasteiger charge is -2.51. The molecule has 0 radical (unpaired) electrons. The second kappa shape index (κ2) is 13.7. The number of rotatable bonds is 7. The molecular weight excluding hydrogens is 617 g/mol. The van der Waals surface area contributed by atoms with E-state index in [1.54, 1.807) is 11.1 Å². The van der Waals surface area contributed by atoms with Crippen LogP contribution >= 0.6 is 0 Å². The molecule has 0 spiro atoms. The van der Waals surface area contributed by atoms with Gasteiger partial charge in [-0.25, -0.2) is 0 Å². The largest absolute Gasteiger partial charge is 0.386 e. The summed E-state index contributed by atoms with van der Waals surface area (Å²) >= 11 is 0. The summed E-state index contributed by atoms with van der Waals surface area (Å²) in [6, 6.07) is 42.6. The van der Waals surface area contributed by atoms with Gasteiger partial charge >= 0.3 is 0 Å². The van der Waals surface area contributed by atoms with Gasteiger partial charge in [-0.2, -0.15) is 0 Å². The summed E-state index contributed by atoms with van der Waals surface area (Å²) in [7, 11) is 8.66. The minimum Gasteiger partial charge on any atom is -0.386 e. The van der Waals surface area contributed by atoms with E-state index in [2.05, 4.69) is 152 Å². The highest BCUT2D eigenvalue weighted by atomic mass is 15.1. The number of benzene rings is 4. The Kier molecular flexibility index (Phi) is 8.93. The van der Waals surface area contributed by atoms with Crippen LogP contribution in [0, 0.1) is 35.5 Å². The van der Waals surface area contributed by atoms with E-state index in [9.17, 15) is 0 Å². The highest BCUT2D eigenvalue weighted by Crippen LogP contribution is 2.70. The van der Waals surface area contributed by atoms with E-state index in [0.29, 0.717) is 18.7 Å². The Hall–Kier alpha value is -3.66. The van der Waals surface area contributed by atoms with Crippen molar-refractivity contribution in [3.05, 3.63) is 120 Å². The van der Waals surface area contributed by atoms with Gasteiger partial charge in [-0.15, -0.1) is 0 Å². The fourth-order valence-electron chi connectivity index (χ4n) is 13.1. The molecule has 0 amide bonds. The Morgan fingerprint density at radius 3 is 1.22 bits per heavy atom. The van der Waals surface area contributed by atoms with Gasteiger partial charge in [0, 0.05) is 50.9 Å². The molecule has 10 atom stereocenters. The summed E-state index contributed by atoms with van der Waals surface area (Å²) in [6.07, 6.45) is 12.6. The molecule has 5 fully saturated rings. The maximum atomic E-state index is 2.93. The first-order valence-electron chi connectivity index (χ1n) is 20.4. The van der Waals surface area contributed by atoms with Crippen molar-refractivity contribution < 1.29 is 0 Å². The standard InChI is InChI=1S/C47H58BN3/c1-49(2)36-21-25-38(26-22-36)51(39-27-23-37(24-28-39)50(3)4)48-46-34(30-44-40(17-11-19-42(44)46)32-13-7-5-8-14-32)29-35-31-45-41(33-15-9-6-10-16-33)18-12-20-43(45)47(35)48/h5-10,13-16,21-28,34-35,40-47H,11-12,17-20,29-31H2,1-4H3. The van der Waals surface area contributed by atoms with Crippen LogP contribution in [-0.4, -0.2) is 35.0 Å². The van der Waals surface area contributed by atoms with Crippen LogP contribution in [0.2, 0.25) is 11.6 Å². The van der Waals surface area contributed by atoms with Crippen LogP contribution in [0.15, 0.2) is 109 Å². The fraction of sp³-hybridized carbons (Fsp3) is 0.489. The first-order valence-corrected chi connectivity index (χ1v) is 20.4. The molecule has 264 valence electrons. The van der Waals surface area contributed by atoms with Crippen molar-refractivity contribution in [3.63, 3.8) is 0 Å². The Labute approximate surface area is 308 Å². The lowest BCUT2D eigenvalue weighted by atomic mass is 9.30. The van der Waals surface area contributed by atoms with Crippen LogP contribution < -0.4 is 14.6 Å². The van der Waals surface area contributed by atoms with E-state index in [1.807, 2.05) is 0 Å². The predicted octanol–water partition coefficient (Wildman–Crippen LogP) is 11.5. The molecule has 4 aromatic rings. The number of hydrogen-bond acceptors (Lipinski definition) is 3. The molecule has 1 aliphatic heterocycles. The minimum absolute atomic E-state index is 0.526. The van der Waals surface area contributed by atoms with E-state index in [0.717, 1.165) is 47.1 Å². The molecule has 9 rings (SSSR count). The zero-order valence-electron chi connectivity index (χ0n) is 31.4. The molecule has 4 aromatic carbocycles. The van der Waals surface area contributed by atoms with E-state index in [-0.39, 0.29) is 0 Å². The van der Waals surface area contributed by atoms with Gasteiger partial charge in [0.25, 0.3) is 6.85 Å². The Morgan fingerprint density at radius 2 is 0.824 bits per heavy atom. The monoisotopic (exact) mass is 675 g/mol. The molecule has 0 bridgehead atoms. The van der Waals surface area contributed by atoms with Gasteiger partial charge in [0.1, 0.15) is 0 Å². The first kappa shape index (κ1) is 33.2. The van der Waals surface area contributed by atoms with Gasteiger partial charge in [-0.05, 0) is 151 Å². The predicted molar refractivity (Wildman–Crippen MR) is 218 cm³/mol. The average molecular weight is 676 g/mol. The van der Waals surface area contributed by atoms with Crippen molar-refractivity contribution in [2.45, 2.75) is 81.3 Å². The Balaban J connectivity index is 1.18. The fourth-order valence-corrected chi connectivity index (χ4v) is 13.1. The molecule has 51 heavy (non-hydrogen) atoms. The van der Waals surface area contributed by atoms with Crippen molar-refractivity contribution in [1.29, 1.82) is 0 Å². The maximum Gasteiger partial charge on any atom is 0.267 e. The van der Waals surface area contributed by atoms with Gasteiger partial charge in [0.15, 0.2) is 0 Å². The Morgan fingerprint density at radius 1 is 0.431 bits per heavy atom. The van der Waals surface area contributed by atoms with Crippen LogP contribution in [0.3, 0.4) is 0 Å². The van der Waals surface area contributed by atoms with Crippen LogP contribution in [0.1, 0.15) is 80.8 Å². The summed E-state index contributed by atoms with van der Waals surface area (Å²) in [4.78, 5) is 7.41. The first-order chi connectivity index (χ1) is 25.0. The SMILES string of the molecule is CN(C)c1ccc(N(B2C3C(CC4CC5C(c6ccccc6)CCCC5C24)CC2C(c4ccccc4)CCCC23)c2ccc(N(C)C)cc2)cc1. The normalized spacial score (nSPS) is 32.4. The van der Waals surface area contributed by atoms with Crippen molar-refractivity contribution in [2.75, 3.05) is 42.8 Å².